The lowest BCUT2D eigenvalue weighted by atomic mass is 10.0. The van der Waals surface area contributed by atoms with E-state index in [9.17, 15) is 0 Å². The topological polar surface area (TPSA) is 50.9 Å². The molecule has 0 fully saturated rings. The number of hydrogen-bond acceptors (Lipinski definition) is 3. The lowest BCUT2D eigenvalue weighted by molar-refractivity contribution is 0.508. The van der Waals surface area contributed by atoms with Gasteiger partial charge >= 0.3 is 0 Å². The summed E-state index contributed by atoms with van der Waals surface area (Å²) in [6, 6.07) is 3.76. The second kappa shape index (κ2) is 5.93. The van der Waals surface area contributed by atoms with Crippen LogP contribution in [0.4, 0.5) is 5.82 Å². The first-order valence-corrected chi connectivity index (χ1v) is 5.57. The van der Waals surface area contributed by atoms with Crippen LogP contribution in [0.3, 0.4) is 0 Å². The largest absolute Gasteiger partial charge is 0.367 e. The third kappa shape index (κ3) is 4.49. The minimum atomic E-state index is 0.142. The Bertz CT molecular complexity index is 302. The van der Waals surface area contributed by atoms with Crippen LogP contribution in [0.1, 0.15) is 20.3 Å². The summed E-state index contributed by atoms with van der Waals surface area (Å²) in [5.74, 6) is 1.32. The van der Waals surface area contributed by atoms with Gasteiger partial charge in [0.25, 0.3) is 0 Å². The molecule has 0 saturated heterocycles. The number of aromatic nitrogens is 1. The molecule has 4 heteroatoms. The summed E-state index contributed by atoms with van der Waals surface area (Å²) in [6.45, 7) is 5.02. The Labute approximate surface area is 96.0 Å². The van der Waals surface area contributed by atoms with Crippen molar-refractivity contribution in [3.63, 3.8) is 0 Å². The number of halogens is 1. The monoisotopic (exact) mass is 227 g/mol. The van der Waals surface area contributed by atoms with Gasteiger partial charge in [0.1, 0.15) is 5.82 Å². The smallest absolute Gasteiger partial charge is 0.144 e. The minimum Gasteiger partial charge on any atom is -0.367 e. The van der Waals surface area contributed by atoms with Gasteiger partial charge in [-0.05, 0) is 24.5 Å². The zero-order chi connectivity index (χ0) is 11.3. The fraction of sp³-hybridized carbons (Fsp3) is 0.545. The minimum absolute atomic E-state index is 0.142. The first-order valence-electron chi connectivity index (χ1n) is 5.19. The van der Waals surface area contributed by atoms with Crippen molar-refractivity contribution >= 4 is 17.4 Å². The van der Waals surface area contributed by atoms with Crippen molar-refractivity contribution in [2.75, 3.05) is 11.9 Å². The Morgan fingerprint density at radius 3 is 2.87 bits per heavy atom. The molecule has 0 spiro atoms. The number of anilines is 1. The summed E-state index contributed by atoms with van der Waals surface area (Å²) < 4.78 is 0. The molecule has 1 unspecified atom stereocenters. The molecule has 15 heavy (non-hydrogen) atoms. The molecule has 0 aliphatic carbocycles. The zero-order valence-corrected chi connectivity index (χ0v) is 9.96. The number of rotatable bonds is 5. The fourth-order valence-corrected chi connectivity index (χ4v) is 1.62. The first-order chi connectivity index (χ1) is 7.09. The van der Waals surface area contributed by atoms with Crippen LogP contribution in [0.5, 0.6) is 0 Å². The van der Waals surface area contributed by atoms with Gasteiger partial charge < -0.3 is 11.1 Å². The standard InChI is InChI=1S/C11H18ClN3/c1-8(2)6-9(13)7-15-11-10(12)4-3-5-14-11/h3-5,8-9H,6-7,13H2,1-2H3,(H,14,15). The van der Waals surface area contributed by atoms with Crippen LogP contribution >= 0.6 is 11.6 Å². The van der Waals surface area contributed by atoms with Crippen LogP contribution in [-0.2, 0) is 0 Å². The van der Waals surface area contributed by atoms with Crippen LogP contribution in [0.15, 0.2) is 18.3 Å². The van der Waals surface area contributed by atoms with Crippen molar-refractivity contribution in [1.82, 2.24) is 4.98 Å². The van der Waals surface area contributed by atoms with Crippen molar-refractivity contribution in [3.05, 3.63) is 23.4 Å². The highest BCUT2D eigenvalue weighted by Crippen LogP contribution is 2.17. The molecular weight excluding hydrogens is 210 g/mol. The number of nitrogens with two attached hydrogens (primary N) is 1. The van der Waals surface area contributed by atoms with Crippen molar-refractivity contribution in [1.29, 1.82) is 0 Å². The van der Waals surface area contributed by atoms with E-state index in [-0.39, 0.29) is 6.04 Å². The normalized spacial score (nSPS) is 12.9. The molecule has 1 heterocycles. The van der Waals surface area contributed by atoms with Crippen LogP contribution in [-0.4, -0.2) is 17.6 Å². The molecule has 1 aromatic rings. The van der Waals surface area contributed by atoms with E-state index in [2.05, 4.69) is 24.1 Å². The van der Waals surface area contributed by atoms with Crippen LogP contribution < -0.4 is 11.1 Å². The van der Waals surface area contributed by atoms with Crippen molar-refractivity contribution in [2.45, 2.75) is 26.3 Å². The highest BCUT2D eigenvalue weighted by atomic mass is 35.5. The average Bonchev–Trinajstić information content (AvgIpc) is 2.15. The molecule has 84 valence electrons. The summed E-state index contributed by atoms with van der Waals surface area (Å²) in [6.07, 6.45) is 2.71. The van der Waals surface area contributed by atoms with Crippen LogP contribution in [0, 0.1) is 5.92 Å². The van der Waals surface area contributed by atoms with Gasteiger partial charge in [-0.15, -0.1) is 0 Å². The van der Waals surface area contributed by atoms with Gasteiger partial charge in [-0.3, -0.25) is 0 Å². The Morgan fingerprint density at radius 2 is 2.27 bits per heavy atom. The highest BCUT2D eigenvalue weighted by molar-refractivity contribution is 6.32. The molecule has 0 aromatic carbocycles. The number of pyridine rings is 1. The third-order valence-electron chi connectivity index (χ3n) is 2.06. The number of nitrogens with zero attached hydrogens (tertiary/aromatic N) is 1. The first kappa shape index (κ1) is 12.3. The molecule has 0 amide bonds. The van der Waals surface area contributed by atoms with Gasteiger partial charge in [-0.2, -0.15) is 0 Å². The maximum absolute atomic E-state index is 5.95. The van der Waals surface area contributed by atoms with E-state index < -0.39 is 0 Å². The number of hydrogen-bond donors (Lipinski definition) is 2. The SMILES string of the molecule is CC(C)CC(N)CNc1ncccc1Cl. The van der Waals surface area contributed by atoms with Gasteiger partial charge in [0, 0.05) is 18.8 Å². The molecule has 0 aliphatic rings. The Balaban J connectivity index is 2.40. The maximum Gasteiger partial charge on any atom is 0.144 e. The second-order valence-corrected chi connectivity index (χ2v) is 4.51. The lowest BCUT2D eigenvalue weighted by Crippen LogP contribution is -2.30. The summed E-state index contributed by atoms with van der Waals surface area (Å²) >= 11 is 5.95. The highest BCUT2D eigenvalue weighted by Gasteiger charge is 2.06. The Morgan fingerprint density at radius 1 is 1.53 bits per heavy atom. The predicted molar refractivity (Wildman–Crippen MR) is 65.2 cm³/mol. The molecule has 3 N–H and O–H groups in total. The van der Waals surface area contributed by atoms with E-state index in [0.717, 1.165) is 6.42 Å². The zero-order valence-electron chi connectivity index (χ0n) is 9.20. The average molecular weight is 228 g/mol. The molecule has 3 nitrogen and oxygen atoms in total. The lowest BCUT2D eigenvalue weighted by Gasteiger charge is -2.15. The van der Waals surface area contributed by atoms with Crippen molar-refractivity contribution in [2.24, 2.45) is 11.7 Å². The molecule has 1 rings (SSSR count). The summed E-state index contributed by atoms with van der Waals surface area (Å²) in [7, 11) is 0. The molecule has 1 atom stereocenters. The molecule has 0 radical (unpaired) electrons. The van der Waals surface area contributed by atoms with E-state index in [1.165, 1.54) is 0 Å². The molecule has 0 aliphatic heterocycles. The Kier molecular flexibility index (Phi) is 4.85. The summed E-state index contributed by atoms with van der Waals surface area (Å²) in [5.41, 5.74) is 5.94. The van der Waals surface area contributed by atoms with Crippen LogP contribution in [0.25, 0.3) is 0 Å². The fourth-order valence-electron chi connectivity index (χ4n) is 1.43. The third-order valence-corrected chi connectivity index (χ3v) is 2.37. The summed E-state index contributed by atoms with van der Waals surface area (Å²) in [4.78, 5) is 4.13. The molecular formula is C11H18ClN3. The van der Waals surface area contributed by atoms with Crippen molar-refractivity contribution < 1.29 is 0 Å². The maximum atomic E-state index is 5.95. The van der Waals surface area contributed by atoms with E-state index >= 15 is 0 Å². The molecule has 0 saturated carbocycles. The van der Waals surface area contributed by atoms with Gasteiger partial charge in [0.05, 0.1) is 5.02 Å². The van der Waals surface area contributed by atoms with E-state index in [1.54, 1.807) is 6.20 Å². The van der Waals surface area contributed by atoms with Gasteiger partial charge in [0.2, 0.25) is 0 Å². The van der Waals surface area contributed by atoms with Gasteiger partial charge in [0.15, 0.2) is 0 Å². The van der Waals surface area contributed by atoms with Gasteiger partial charge in [-0.25, -0.2) is 4.98 Å². The second-order valence-electron chi connectivity index (χ2n) is 4.10. The predicted octanol–water partition coefficient (Wildman–Crippen LogP) is 2.52. The van der Waals surface area contributed by atoms with Crippen LogP contribution in [0.2, 0.25) is 5.02 Å². The summed E-state index contributed by atoms with van der Waals surface area (Å²) in [5, 5.41) is 3.78. The molecule has 1 aromatic heterocycles. The van der Waals surface area contributed by atoms with E-state index in [1.807, 2.05) is 12.1 Å². The Hall–Kier alpha value is -0.800. The molecule has 0 bridgehead atoms. The number of nitrogens with one attached hydrogen (secondary N) is 1. The quantitative estimate of drug-likeness (QED) is 0.813. The van der Waals surface area contributed by atoms with E-state index in [0.29, 0.717) is 23.3 Å². The van der Waals surface area contributed by atoms with Crippen molar-refractivity contribution in [3.8, 4) is 0 Å². The van der Waals surface area contributed by atoms with E-state index in [4.69, 9.17) is 17.3 Å². The van der Waals surface area contributed by atoms with Gasteiger partial charge in [-0.1, -0.05) is 25.4 Å².